The van der Waals surface area contributed by atoms with Crippen molar-refractivity contribution in [1.29, 1.82) is 0 Å². The smallest absolute Gasteiger partial charge is 0.351 e. The largest absolute Gasteiger partial charge is 0.463 e. The Morgan fingerprint density at radius 1 is 1.05 bits per heavy atom. The van der Waals surface area contributed by atoms with Crippen LogP contribution in [-0.4, -0.2) is 53.2 Å². The third kappa shape index (κ3) is 4.90. The number of allylic oxidation sites excluding steroid dienone is 1. The Morgan fingerprint density at radius 3 is 2.42 bits per heavy atom. The number of halogens is 1. The SMILES string of the molecule is CCOC(=O)C1=C(C)Nc2c(c(N3CCN(Cc4ccccc4F)CC3)nc(=O)n2C2CC2)[C@@H]1c1ccccc1. The molecular formula is C31H34FN5O3. The fourth-order valence-electron chi connectivity index (χ4n) is 5.89. The summed E-state index contributed by atoms with van der Waals surface area (Å²) in [5, 5.41) is 3.43. The van der Waals surface area contributed by atoms with Crippen molar-refractivity contribution in [2.75, 3.05) is 43.0 Å². The van der Waals surface area contributed by atoms with Gasteiger partial charge in [-0.15, -0.1) is 0 Å². The third-order valence-corrected chi connectivity index (χ3v) is 8.00. The molecule has 1 N–H and O–H groups in total. The maximum Gasteiger partial charge on any atom is 0.351 e. The van der Waals surface area contributed by atoms with Gasteiger partial charge in [0, 0.05) is 55.6 Å². The molecule has 1 atom stereocenters. The molecule has 0 bridgehead atoms. The Bertz CT molecular complexity index is 1510. The number of aromatic nitrogens is 2. The molecule has 9 heteroatoms. The van der Waals surface area contributed by atoms with Crippen LogP contribution in [0.1, 0.15) is 55.3 Å². The summed E-state index contributed by atoms with van der Waals surface area (Å²) < 4.78 is 21.6. The van der Waals surface area contributed by atoms with Crippen molar-refractivity contribution in [3.8, 4) is 0 Å². The molecule has 6 rings (SSSR count). The molecule has 2 aliphatic heterocycles. The highest BCUT2D eigenvalue weighted by atomic mass is 19.1. The lowest BCUT2D eigenvalue weighted by atomic mass is 9.81. The third-order valence-electron chi connectivity index (χ3n) is 8.00. The van der Waals surface area contributed by atoms with Gasteiger partial charge < -0.3 is 15.0 Å². The highest BCUT2D eigenvalue weighted by Gasteiger charge is 2.41. The van der Waals surface area contributed by atoms with Gasteiger partial charge in [-0.1, -0.05) is 48.5 Å². The van der Waals surface area contributed by atoms with Crippen LogP contribution >= 0.6 is 0 Å². The van der Waals surface area contributed by atoms with Gasteiger partial charge in [0.25, 0.3) is 0 Å². The lowest BCUT2D eigenvalue weighted by Gasteiger charge is -2.39. The molecule has 2 fully saturated rings. The molecule has 0 amide bonds. The molecule has 2 aromatic carbocycles. The quantitative estimate of drug-likeness (QED) is 0.442. The van der Waals surface area contributed by atoms with E-state index in [1.807, 2.05) is 49.4 Å². The molecule has 1 saturated heterocycles. The number of carbonyl (C=O) groups is 1. The van der Waals surface area contributed by atoms with Crippen molar-refractivity contribution in [2.24, 2.45) is 0 Å². The predicted octanol–water partition coefficient (Wildman–Crippen LogP) is 4.43. The normalized spacial score (nSPS) is 19.3. The zero-order valence-electron chi connectivity index (χ0n) is 22.9. The summed E-state index contributed by atoms with van der Waals surface area (Å²) in [4.78, 5) is 35.9. The summed E-state index contributed by atoms with van der Waals surface area (Å²) >= 11 is 0. The van der Waals surface area contributed by atoms with Gasteiger partial charge in [-0.3, -0.25) is 9.47 Å². The number of anilines is 2. The number of fused-ring (bicyclic) bond motifs is 1. The molecule has 1 aromatic heterocycles. The second-order valence-electron chi connectivity index (χ2n) is 10.7. The van der Waals surface area contributed by atoms with Gasteiger partial charge in [0.1, 0.15) is 17.5 Å². The zero-order valence-corrected chi connectivity index (χ0v) is 22.9. The molecule has 3 aromatic rings. The Balaban J connectivity index is 1.41. The number of nitrogens with zero attached hydrogens (tertiary/aromatic N) is 4. The molecule has 0 unspecified atom stereocenters. The van der Waals surface area contributed by atoms with E-state index in [2.05, 4.69) is 20.1 Å². The van der Waals surface area contributed by atoms with E-state index in [9.17, 15) is 14.0 Å². The number of rotatable bonds is 7. The topological polar surface area (TPSA) is 79.7 Å². The van der Waals surface area contributed by atoms with E-state index in [1.165, 1.54) is 6.07 Å². The highest BCUT2D eigenvalue weighted by Crippen LogP contribution is 2.48. The van der Waals surface area contributed by atoms with Crippen LogP contribution in [0.2, 0.25) is 0 Å². The first-order valence-corrected chi connectivity index (χ1v) is 14.0. The number of hydrogen-bond acceptors (Lipinski definition) is 7. The van der Waals surface area contributed by atoms with Crippen LogP contribution in [0.15, 0.2) is 70.7 Å². The molecule has 3 aliphatic rings. The zero-order chi connectivity index (χ0) is 27.8. The number of ether oxygens (including phenoxy) is 1. The molecule has 3 heterocycles. The predicted molar refractivity (Wildman–Crippen MR) is 152 cm³/mol. The summed E-state index contributed by atoms with van der Waals surface area (Å²) in [5.41, 5.74) is 3.37. The second-order valence-corrected chi connectivity index (χ2v) is 10.7. The van der Waals surface area contributed by atoms with Crippen LogP contribution in [0.25, 0.3) is 0 Å². The van der Waals surface area contributed by atoms with Crippen molar-refractivity contribution < 1.29 is 13.9 Å². The first-order valence-electron chi connectivity index (χ1n) is 14.0. The van der Waals surface area contributed by atoms with Crippen LogP contribution in [0.4, 0.5) is 16.0 Å². The van der Waals surface area contributed by atoms with E-state index in [0.717, 1.165) is 24.0 Å². The summed E-state index contributed by atoms with van der Waals surface area (Å²) in [6, 6.07) is 16.8. The average molecular weight is 544 g/mol. The minimum atomic E-state index is -0.443. The Morgan fingerprint density at radius 2 is 1.75 bits per heavy atom. The van der Waals surface area contributed by atoms with Gasteiger partial charge in [0.2, 0.25) is 0 Å². The summed E-state index contributed by atoms with van der Waals surface area (Å²) in [6.45, 7) is 7.10. The van der Waals surface area contributed by atoms with Gasteiger partial charge >= 0.3 is 11.7 Å². The van der Waals surface area contributed by atoms with Gasteiger partial charge in [-0.05, 0) is 38.3 Å². The summed E-state index contributed by atoms with van der Waals surface area (Å²) in [5.74, 6) is 0.288. The molecular weight excluding hydrogens is 509 g/mol. The highest BCUT2D eigenvalue weighted by molar-refractivity contribution is 5.95. The van der Waals surface area contributed by atoms with Gasteiger partial charge in [-0.25, -0.2) is 14.0 Å². The number of piperazine rings is 1. The van der Waals surface area contributed by atoms with Crippen LogP contribution < -0.4 is 15.9 Å². The Hall–Kier alpha value is -3.98. The number of hydrogen-bond donors (Lipinski definition) is 1. The average Bonchev–Trinajstić information content (AvgIpc) is 3.79. The number of esters is 1. The van der Waals surface area contributed by atoms with Gasteiger partial charge in [0.05, 0.1) is 18.1 Å². The van der Waals surface area contributed by atoms with Crippen molar-refractivity contribution >= 4 is 17.6 Å². The number of benzene rings is 2. The van der Waals surface area contributed by atoms with E-state index >= 15 is 0 Å². The molecule has 40 heavy (non-hydrogen) atoms. The molecule has 8 nitrogen and oxygen atoms in total. The van der Waals surface area contributed by atoms with Crippen molar-refractivity contribution in [3.05, 3.63) is 98.9 Å². The lowest BCUT2D eigenvalue weighted by Crippen LogP contribution is -2.48. The first kappa shape index (κ1) is 26.3. The van der Waals surface area contributed by atoms with E-state index in [1.54, 1.807) is 17.6 Å². The van der Waals surface area contributed by atoms with Crippen LogP contribution in [-0.2, 0) is 16.1 Å². The van der Waals surface area contributed by atoms with Crippen LogP contribution in [0.5, 0.6) is 0 Å². The minimum absolute atomic E-state index is 0.0984. The lowest BCUT2D eigenvalue weighted by molar-refractivity contribution is -0.138. The first-order chi connectivity index (χ1) is 19.5. The van der Waals surface area contributed by atoms with E-state index in [4.69, 9.17) is 4.74 Å². The van der Waals surface area contributed by atoms with E-state index in [-0.39, 0.29) is 30.1 Å². The Kier molecular flexibility index (Phi) is 7.14. The van der Waals surface area contributed by atoms with Gasteiger partial charge in [-0.2, -0.15) is 4.98 Å². The fraction of sp³-hybridized carbons (Fsp3) is 0.387. The summed E-state index contributed by atoms with van der Waals surface area (Å²) in [6.07, 6.45) is 1.85. The van der Waals surface area contributed by atoms with Crippen LogP contribution in [0.3, 0.4) is 0 Å². The standard InChI is InChI=1S/C31H34FN5O3/c1-3-40-30(38)25-20(2)33-29-27(26(25)21-9-5-4-6-10-21)28(34-31(39)37(29)23-13-14-23)36-17-15-35(16-18-36)19-22-11-7-8-12-24(22)32/h4-12,23,26,33H,3,13-19H2,1-2H3/t26-/m1/s1. The Labute approximate surface area is 233 Å². The molecule has 1 saturated carbocycles. The van der Waals surface area contributed by atoms with Crippen molar-refractivity contribution in [3.63, 3.8) is 0 Å². The maximum atomic E-state index is 14.3. The van der Waals surface area contributed by atoms with E-state index < -0.39 is 5.92 Å². The molecule has 0 radical (unpaired) electrons. The number of nitrogens with one attached hydrogen (secondary N) is 1. The molecule has 0 spiro atoms. The minimum Gasteiger partial charge on any atom is -0.463 e. The van der Waals surface area contributed by atoms with Crippen LogP contribution in [0, 0.1) is 5.82 Å². The maximum absolute atomic E-state index is 14.3. The fourth-order valence-corrected chi connectivity index (χ4v) is 5.89. The monoisotopic (exact) mass is 543 g/mol. The van der Waals surface area contributed by atoms with Gasteiger partial charge in [0.15, 0.2) is 0 Å². The van der Waals surface area contributed by atoms with Crippen molar-refractivity contribution in [1.82, 2.24) is 14.5 Å². The van der Waals surface area contributed by atoms with Crippen molar-refractivity contribution in [2.45, 2.75) is 45.2 Å². The van der Waals surface area contributed by atoms with E-state index in [0.29, 0.717) is 61.2 Å². The second kappa shape index (κ2) is 10.9. The molecule has 208 valence electrons. The summed E-state index contributed by atoms with van der Waals surface area (Å²) in [7, 11) is 0. The number of carbonyl (C=O) groups excluding carboxylic acids is 1. The molecule has 1 aliphatic carbocycles.